The summed E-state index contributed by atoms with van der Waals surface area (Å²) in [5, 5.41) is 10.1. The fourth-order valence-corrected chi connectivity index (χ4v) is 4.16. The summed E-state index contributed by atoms with van der Waals surface area (Å²) in [6.45, 7) is 6.77. The number of anilines is 1. The maximum Gasteiger partial charge on any atom is 0.191 e. The predicted octanol–water partition coefficient (Wildman–Crippen LogP) is 2.93. The van der Waals surface area contributed by atoms with E-state index in [0.29, 0.717) is 12.6 Å². The monoisotopic (exact) mass is 400 g/mol. The largest absolute Gasteiger partial charge is 0.357 e. The number of aromatic nitrogens is 1. The van der Waals surface area contributed by atoms with Crippen molar-refractivity contribution in [2.75, 3.05) is 38.6 Å². The highest BCUT2D eigenvalue weighted by Gasteiger charge is 2.20. The third-order valence-corrected chi connectivity index (χ3v) is 5.82. The number of guanidine groups is 1. The highest BCUT2D eigenvalue weighted by Crippen LogP contribution is 2.18. The average molecular weight is 401 g/mol. The SMILES string of the molecule is CCNC(=NCc1csc(N(C)C)n1)NC1CCCN(Cc2ccccc2)C1. The molecule has 3 rings (SSSR count). The molecule has 1 aromatic heterocycles. The normalized spacial score (nSPS) is 18.1. The lowest BCUT2D eigenvalue weighted by Crippen LogP contribution is -2.51. The molecule has 1 atom stereocenters. The van der Waals surface area contributed by atoms with Crippen LogP contribution in [0.1, 0.15) is 31.0 Å². The topological polar surface area (TPSA) is 55.8 Å². The van der Waals surface area contributed by atoms with Gasteiger partial charge >= 0.3 is 0 Å². The Labute approximate surface area is 172 Å². The van der Waals surface area contributed by atoms with Crippen molar-refractivity contribution in [1.29, 1.82) is 0 Å². The Morgan fingerprint density at radius 2 is 2.14 bits per heavy atom. The van der Waals surface area contributed by atoms with Gasteiger partial charge in [-0.3, -0.25) is 4.90 Å². The van der Waals surface area contributed by atoms with E-state index in [0.717, 1.165) is 43.0 Å². The van der Waals surface area contributed by atoms with Crippen LogP contribution >= 0.6 is 11.3 Å². The van der Waals surface area contributed by atoms with Crippen LogP contribution in [0.5, 0.6) is 0 Å². The van der Waals surface area contributed by atoms with E-state index < -0.39 is 0 Å². The van der Waals surface area contributed by atoms with Gasteiger partial charge in [0, 0.05) is 45.2 Å². The van der Waals surface area contributed by atoms with Gasteiger partial charge in [0.25, 0.3) is 0 Å². The Bertz CT molecular complexity index is 742. The molecule has 1 aliphatic rings. The first-order valence-electron chi connectivity index (χ1n) is 10.1. The van der Waals surface area contributed by atoms with E-state index in [-0.39, 0.29) is 0 Å². The second-order valence-corrected chi connectivity index (χ2v) is 8.25. The second kappa shape index (κ2) is 10.4. The van der Waals surface area contributed by atoms with Gasteiger partial charge in [0.1, 0.15) is 0 Å². The second-order valence-electron chi connectivity index (χ2n) is 7.42. The number of benzene rings is 1. The number of hydrogen-bond donors (Lipinski definition) is 2. The van der Waals surface area contributed by atoms with Crippen LogP contribution in [-0.2, 0) is 13.1 Å². The molecular weight excluding hydrogens is 368 g/mol. The van der Waals surface area contributed by atoms with Crippen LogP contribution in [0.25, 0.3) is 0 Å². The molecule has 0 amide bonds. The number of nitrogens with one attached hydrogen (secondary N) is 2. The molecule has 2 N–H and O–H groups in total. The lowest BCUT2D eigenvalue weighted by Gasteiger charge is -2.34. The van der Waals surface area contributed by atoms with Crippen LogP contribution in [0.3, 0.4) is 0 Å². The van der Waals surface area contributed by atoms with E-state index in [1.165, 1.54) is 18.4 Å². The van der Waals surface area contributed by atoms with Crippen molar-refractivity contribution in [1.82, 2.24) is 20.5 Å². The van der Waals surface area contributed by atoms with Crippen molar-refractivity contribution in [3.05, 3.63) is 47.0 Å². The summed E-state index contributed by atoms with van der Waals surface area (Å²) in [6.07, 6.45) is 2.39. The summed E-state index contributed by atoms with van der Waals surface area (Å²) in [7, 11) is 4.03. The molecule has 2 heterocycles. The van der Waals surface area contributed by atoms with Crippen molar-refractivity contribution in [3.63, 3.8) is 0 Å². The molecule has 0 saturated carbocycles. The molecule has 1 aromatic carbocycles. The standard InChI is InChI=1S/C21H32N6S/c1-4-22-20(23-13-19-16-28-21(25-19)26(2)3)24-18-11-8-12-27(15-18)14-17-9-6-5-7-10-17/h5-7,9-10,16,18H,4,8,11-15H2,1-3H3,(H2,22,23,24). The minimum atomic E-state index is 0.419. The number of hydrogen-bond acceptors (Lipinski definition) is 5. The highest BCUT2D eigenvalue weighted by molar-refractivity contribution is 7.13. The van der Waals surface area contributed by atoms with Crippen LogP contribution in [0.2, 0.25) is 0 Å². The molecule has 0 radical (unpaired) electrons. The first-order chi connectivity index (χ1) is 13.6. The molecular formula is C21H32N6S. The van der Waals surface area contributed by atoms with Crippen molar-refractivity contribution >= 4 is 22.4 Å². The lowest BCUT2D eigenvalue weighted by molar-refractivity contribution is 0.192. The van der Waals surface area contributed by atoms with Gasteiger partial charge in [-0.15, -0.1) is 11.3 Å². The zero-order valence-electron chi connectivity index (χ0n) is 17.2. The van der Waals surface area contributed by atoms with Crippen LogP contribution in [0.4, 0.5) is 5.13 Å². The van der Waals surface area contributed by atoms with Crippen LogP contribution in [0, 0.1) is 0 Å². The third-order valence-electron chi connectivity index (χ3n) is 4.76. The Morgan fingerprint density at radius 3 is 2.86 bits per heavy atom. The number of nitrogens with zero attached hydrogens (tertiary/aromatic N) is 4. The summed E-state index contributed by atoms with van der Waals surface area (Å²) >= 11 is 1.66. The first-order valence-corrected chi connectivity index (χ1v) is 10.9. The van der Waals surface area contributed by atoms with E-state index in [1.54, 1.807) is 11.3 Å². The maximum atomic E-state index is 4.76. The van der Waals surface area contributed by atoms with Gasteiger partial charge in [0.05, 0.1) is 12.2 Å². The minimum absolute atomic E-state index is 0.419. The Kier molecular flexibility index (Phi) is 7.68. The molecule has 1 fully saturated rings. The maximum absolute atomic E-state index is 4.76. The number of thiazole rings is 1. The fourth-order valence-electron chi connectivity index (χ4n) is 3.41. The highest BCUT2D eigenvalue weighted by atomic mass is 32.1. The smallest absolute Gasteiger partial charge is 0.191 e. The summed E-state index contributed by atoms with van der Waals surface area (Å²) < 4.78 is 0. The van der Waals surface area contributed by atoms with Crippen molar-refractivity contribution in [3.8, 4) is 0 Å². The molecule has 152 valence electrons. The van der Waals surface area contributed by atoms with Gasteiger partial charge < -0.3 is 15.5 Å². The summed E-state index contributed by atoms with van der Waals surface area (Å²) in [4.78, 5) is 13.9. The minimum Gasteiger partial charge on any atom is -0.357 e. The molecule has 0 aliphatic carbocycles. The van der Waals surface area contributed by atoms with E-state index in [4.69, 9.17) is 4.99 Å². The molecule has 7 heteroatoms. The molecule has 1 aliphatic heterocycles. The zero-order chi connectivity index (χ0) is 19.8. The van der Waals surface area contributed by atoms with E-state index in [1.807, 2.05) is 19.0 Å². The Hall–Kier alpha value is -2.12. The Balaban J connectivity index is 1.56. The van der Waals surface area contributed by atoms with Gasteiger partial charge in [0.2, 0.25) is 0 Å². The summed E-state index contributed by atoms with van der Waals surface area (Å²) in [6, 6.07) is 11.1. The number of piperidine rings is 1. The molecule has 2 aromatic rings. The van der Waals surface area contributed by atoms with Crippen molar-refractivity contribution in [2.45, 2.75) is 38.9 Å². The summed E-state index contributed by atoms with van der Waals surface area (Å²) in [5.74, 6) is 0.883. The summed E-state index contributed by atoms with van der Waals surface area (Å²) in [5.41, 5.74) is 2.39. The molecule has 1 saturated heterocycles. The molecule has 0 bridgehead atoms. The molecule has 0 spiro atoms. The number of likely N-dealkylation sites (tertiary alicyclic amines) is 1. The fraction of sp³-hybridized carbons (Fsp3) is 0.524. The predicted molar refractivity (Wildman–Crippen MR) is 119 cm³/mol. The van der Waals surface area contributed by atoms with Crippen LogP contribution in [0.15, 0.2) is 40.7 Å². The lowest BCUT2D eigenvalue weighted by atomic mass is 10.0. The van der Waals surface area contributed by atoms with Gasteiger partial charge in [-0.25, -0.2) is 9.98 Å². The average Bonchev–Trinajstić information content (AvgIpc) is 3.17. The number of aliphatic imine (C=N–C) groups is 1. The van der Waals surface area contributed by atoms with Gasteiger partial charge in [0.15, 0.2) is 11.1 Å². The first kappa shape index (κ1) is 20.6. The van der Waals surface area contributed by atoms with Crippen LogP contribution in [-0.4, -0.2) is 55.6 Å². The van der Waals surface area contributed by atoms with E-state index in [2.05, 4.69) is 63.2 Å². The molecule has 1 unspecified atom stereocenters. The molecule has 28 heavy (non-hydrogen) atoms. The van der Waals surface area contributed by atoms with Crippen molar-refractivity contribution in [2.24, 2.45) is 4.99 Å². The van der Waals surface area contributed by atoms with Gasteiger partial charge in [-0.05, 0) is 31.9 Å². The number of rotatable bonds is 7. The van der Waals surface area contributed by atoms with Gasteiger partial charge in [-0.2, -0.15) is 0 Å². The van der Waals surface area contributed by atoms with E-state index in [9.17, 15) is 0 Å². The molecule has 6 nitrogen and oxygen atoms in total. The van der Waals surface area contributed by atoms with E-state index >= 15 is 0 Å². The van der Waals surface area contributed by atoms with Crippen molar-refractivity contribution < 1.29 is 0 Å². The Morgan fingerprint density at radius 1 is 1.32 bits per heavy atom. The third kappa shape index (κ3) is 6.21. The quantitative estimate of drug-likeness (QED) is 0.553. The van der Waals surface area contributed by atoms with Crippen LogP contribution < -0.4 is 15.5 Å². The zero-order valence-corrected chi connectivity index (χ0v) is 18.0. The van der Waals surface area contributed by atoms with Gasteiger partial charge in [-0.1, -0.05) is 30.3 Å².